The minimum absolute atomic E-state index is 0.00518. The first kappa shape index (κ1) is 31.8. The van der Waals surface area contributed by atoms with Crippen LogP contribution in [0.5, 0.6) is 11.5 Å². The predicted octanol–water partition coefficient (Wildman–Crippen LogP) is 4.89. The third kappa shape index (κ3) is 7.92. The average molecular weight is 602 g/mol. The molecule has 0 saturated carbocycles. The Labute approximate surface area is 247 Å². The van der Waals surface area contributed by atoms with E-state index in [-0.39, 0.29) is 23.0 Å². The Kier molecular flexibility index (Phi) is 11.4. The highest BCUT2D eigenvalue weighted by atomic mass is 35.5. The molecule has 11 heteroatoms. The first-order valence-electron chi connectivity index (χ1n) is 13.2. The number of hydrogen-bond acceptors (Lipinski definition) is 6. The van der Waals surface area contributed by atoms with Crippen LogP contribution in [0.15, 0.2) is 77.7 Å². The molecule has 1 atom stereocenters. The number of nitrogens with one attached hydrogen (secondary N) is 1. The van der Waals surface area contributed by atoms with Crippen molar-refractivity contribution in [2.24, 2.45) is 0 Å². The number of sulfonamides is 1. The molecule has 0 aliphatic rings. The molecule has 1 N–H and O–H groups in total. The van der Waals surface area contributed by atoms with Crippen LogP contribution in [0, 0.1) is 0 Å². The van der Waals surface area contributed by atoms with Crippen molar-refractivity contribution in [3.8, 4) is 11.5 Å². The normalized spacial score (nSPS) is 11.8. The number of nitrogens with zero attached hydrogens (tertiary/aromatic N) is 2. The van der Waals surface area contributed by atoms with Gasteiger partial charge in [0.2, 0.25) is 11.8 Å². The molecule has 0 aromatic heterocycles. The van der Waals surface area contributed by atoms with Crippen LogP contribution in [0.2, 0.25) is 5.02 Å². The summed E-state index contributed by atoms with van der Waals surface area (Å²) in [4.78, 5) is 28.4. The number of amides is 2. The average Bonchev–Trinajstić information content (AvgIpc) is 2.99. The molecule has 0 heterocycles. The maximum Gasteiger partial charge on any atom is 0.264 e. The second kappa shape index (κ2) is 14.7. The van der Waals surface area contributed by atoms with Crippen molar-refractivity contribution in [2.75, 3.05) is 31.6 Å². The van der Waals surface area contributed by atoms with E-state index in [9.17, 15) is 18.0 Å². The lowest BCUT2D eigenvalue weighted by Crippen LogP contribution is -2.51. The zero-order valence-electron chi connectivity index (χ0n) is 23.7. The Hall–Kier alpha value is -3.76. The summed E-state index contributed by atoms with van der Waals surface area (Å²) in [7, 11) is -1.30. The number of anilines is 1. The summed E-state index contributed by atoms with van der Waals surface area (Å²) in [5, 5.41) is 3.29. The van der Waals surface area contributed by atoms with Crippen molar-refractivity contribution in [3.05, 3.63) is 83.4 Å². The van der Waals surface area contributed by atoms with Crippen LogP contribution in [0.1, 0.15) is 32.3 Å². The highest BCUT2D eigenvalue weighted by molar-refractivity contribution is 7.92. The molecule has 9 nitrogen and oxygen atoms in total. The smallest absolute Gasteiger partial charge is 0.264 e. The lowest BCUT2D eigenvalue weighted by atomic mass is 10.1. The van der Waals surface area contributed by atoms with Crippen molar-refractivity contribution in [2.45, 2.75) is 44.2 Å². The molecule has 0 aliphatic carbocycles. The van der Waals surface area contributed by atoms with Gasteiger partial charge in [-0.15, -0.1) is 0 Å². The summed E-state index contributed by atoms with van der Waals surface area (Å²) in [6.45, 7) is 3.52. The van der Waals surface area contributed by atoms with Crippen molar-refractivity contribution in [1.29, 1.82) is 0 Å². The van der Waals surface area contributed by atoms with E-state index in [1.54, 1.807) is 55.5 Å². The number of hydrogen-bond donors (Lipinski definition) is 1. The van der Waals surface area contributed by atoms with E-state index in [0.717, 1.165) is 17.1 Å². The van der Waals surface area contributed by atoms with Gasteiger partial charge in [0, 0.05) is 24.2 Å². The molecule has 0 bridgehead atoms. The summed E-state index contributed by atoms with van der Waals surface area (Å²) in [5.74, 6) is -0.237. The van der Waals surface area contributed by atoms with Crippen molar-refractivity contribution in [1.82, 2.24) is 10.2 Å². The van der Waals surface area contributed by atoms with Crippen LogP contribution in [-0.4, -0.2) is 58.5 Å². The minimum Gasteiger partial charge on any atom is -0.493 e. The van der Waals surface area contributed by atoms with Gasteiger partial charge in [0.05, 0.1) is 24.8 Å². The fraction of sp³-hybridized carbons (Fsp3) is 0.333. The highest BCUT2D eigenvalue weighted by Crippen LogP contribution is 2.34. The molecular formula is C30H36ClN3O6S. The van der Waals surface area contributed by atoms with Crippen molar-refractivity contribution in [3.63, 3.8) is 0 Å². The molecule has 0 unspecified atom stereocenters. The fourth-order valence-electron chi connectivity index (χ4n) is 4.16. The Morgan fingerprint density at radius 3 is 2.24 bits per heavy atom. The van der Waals surface area contributed by atoms with Gasteiger partial charge < -0.3 is 19.7 Å². The quantitative estimate of drug-likeness (QED) is 0.264. The van der Waals surface area contributed by atoms with Crippen LogP contribution >= 0.6 is 11.6 Å². The standard InChI is InChI=1S/C30H36ClN3O6S/c1-5-6-18-32-30(36)22(2)33(20-23-12-10-11-15-26(23)31)29(35)21-34(41(37,38)25-13-8-7-9-14-25)24-16-17-27(39-3)28(19-24)40-4/h7-17,19,22H,5-6,18,20-21H2,1-4H3,(H,32,36)/t22-/m0/s1. The predicted molar refractivity (Wildman–Crippen MR) is 160 cm³/mol. The summed E-state index contributed by atoms with van der Waals surface area (Å²) in [6, 6.07) is 18.5. The van der Waals surface area contributed by atoms with Gasteiger partial charge in [-0.1, -0.05) is 61.3 Å². The second-order valence-corrected chi connectivity index (χ2v) is 11.6. The van der Waals surface area contributed by atoms with E-state index in [1.165, 1.54) is 43.4 Å². The van der Waals surface area contributed by atoms with Crippen molar-refractivity contribution < 1.29 is 27.5 Å². The van der Waals surface area contributed by atoms with E-state index in [1.807, 2.05) is 6.92 Å². The van der Waals surface area contributed by atoms with Crippen LogP contribution in [-0.2, 0) is 26.2 Å². The van der Waals surface area contributed by atoms with Gasteiger partial charge in [0.25, 0.3) is 10.0 Å². The second-order valence-electron chi connectivity index (χ2n) is 9.30. The molecule has 3 aromatic carbocycles. The summed E-state index contributed by atoms with van der Waals surface area (Å²) < 4.78 is 39.6. The lowest BCUT2D eigenvalue weighted by molar-refractivity contribution is -0.139. The van der Waals surface area contributed by atoms with Gasteiger partial charge in [-0.2, -0.15) is 0 Å². The molecule has 0 fully saturated rings. The van der Waals surface area contributed by atoms with E-state index in [0.29, 0.717) is 28.6 Å². The lowest BCUT2D eigenvalue weighted by Gasteiger charge is -2.32. The number of rotatable bonds is 14. The van der Waals surface area contributed by atoms with Gasteiger partial charge in [-0.05, 0) is 49.2 Å². The Morgan fingerprint density at radius 1 is 0.951 bits per heavy atom. The van der Waals surface area contributed by atoms with Crippen LogP contribution < -0.4 is 19.1 Å². The van der Waals surface area contributed by atoms with E-state index in [2.05, 4.69) is 5.32 Å². The van der Waals surface area contributed by atoms with E-state index >= 15 is 0 Å². The number of carbonyl (C=O) groups excluding carboxylic acids is 2. The topological polar surface area (TPSA) is 105 Å². The molecule has 2 amide bonds. The first-order chi connectivity index (χ1) is 19.6. The summed E-state index contributed by atoms with van der Waals surface area (Å²) in [6.07, 6.45) is 1.69. The SMILES string of the molecule is CCCCNC(=O)[C@H](C)N(Cc1ccccc1Cl)C(=O)CN(c1ccc(OC)c(OC)c1)S(=O)(=O)c1ccccc1. The number of ether oxygens (including phenoxy) is 2. The molecule has 0 spiro atoms. The van der Waals surface area contributed by atoms with Crippen LogP contribution in [0.3, 0.4) is 0 Å². The Morgan fingerprint density at radius 2 is 1.61 bits per heavy atom. The van der Waals surface area contributed by atoms with E-state index < -0.39 is 28.5 Å². The molecule has 3 rings (SSSR count). The zero-order chi connectivity index (χ0) is 30.0. The first-order valence-corrected chi connectivity index (χ1v) is 15.1. The highest BCUT2D eigenvalue weighted by Gasteiger charge is 2.33. The third-order valence-corrected chi connectivity index (χ3v) is 8.72. The Balaban J connectivity index is 2.06. The number of halogens is 1. The molecular weight excluding hydrogens is 566 g/mol. The molecule has 220 valence electrons. The van der Waals surface area contributed by atoms with Crippen LogP contribution in [0.4, 0.5) is 5.69 Å². The molecule has 0 aliphatic heterocycles. The largest absolute Gasteiger partial charge is 0.493 e. The molecule has 3 aromatic rings. The number of benzene rings is 3. The minimum atomic E-state index is -4.21. The Bertz CT molecular complexity index is 1440. The van der Waals surface area contributed by atoms with Gasteiger partial charge in [0.1, 0.15) is 12.6 Å². The maximum absolute atomic E-state index is 14.0. The number of carbonyl (C=O) groups is 2. The molecule has 0 radical (unpaired) electrons. The van der Waals surface area contributed by atoms with Gasteiger partial charge in [0.15, 0.2) is 11.5 Å². The van der Waals surface area contributed by atoms with Gasteiger partial charge in [-0.25, -0.2) is 8.42 Å². The summed E-state index contributed by atoms with van der Waals surface area (Å²) >= 11 is 6.41. The van der Waals surface area contributed by atoms with Gasteiger partial charge >= 0.3 is 0 Å². The third-order valence-electron chi connectivity index (χ3n) is 6.56. The van der Waals surface area contributed by atoms with E-state index in [4.69, 9.17) is 21.1 Å². The zero-order valence-corrected chi connectivity index (χ0v) is 25.2. The monoisotopic (exact) mass is 601 g/mol. The van der Waals surface area contributed by atoms with Gasteiger partial charge in [-0.3, -0.25) is 13.9 Å². The number of unbranched alkanes of at least 4 members (excludes halogenated alkanes) is 1. The van der Waals surface area contributed by atoms with Crippen LogP contribution in [0.25, 0.3) is 0 Å². The molecule has 41 heavy (non-hydrogen) atoms. The molecule has 0 saturated heterocycles. The van der Waals surface area contributed by atoms with Crippen molar-refractivity contribution >= 4 is 39.1 Å². The maximum atomic E-state index is 14.0. The number of methoxy groups -OCH3 is 2. The summed E-state index contributed by atoms with van der Waals surface area (Å²) in [5.41, 5.74) is 0.817. The fourth-order valence-corrected chi connectivity index (χ4v) is 5.78.